The van der Waals surface area contributed by atoms with Crippen molar-refractivity contribution in [2.45, 2.75) is 45.3 Å². The van der Waals surface area contributed by atoms with Crippen LogP contribution in [0.25, 0.3) is 5.57 Å². The minimum absolute atomic E-state index is 0.0936. The minimum atomic E-state index is -1.01. The van der Waals surface area contributed by atoms with Gasteiger partial charge < -0.3 is 19.2 Å². The summed E-state index contributed by atoms with van der Waals surface area (Å²) in [6.45, 7) is 7.92. The molecule has 3 rings (SSSR count). The first-order valence-corrected chi connectivity index (χ1v) is 7.42. The molecule has 0 spiro atoms. The summed E-state index contributed by atoms with van der Waals surface area (Å²) >= 11 is 0. The fraction of sp³-hybridized carbons (Fsp3) is 0.500. The molecule has 1 N–H and O–H groups in total. The summed E-state index contributed by atoms with van der Waals surface area (Å²) in [6.07, 6.45) is 0.438. The highest BCUT2D eigenvalue weighted by Crippen LogP contribution is 2.43. The number of fused-ring (bicyclic) bond motifs is 1. The normalized spacial score (nSPS) is 24.7. The molecule has 2 aliphatic heterocycles. The van der Waals surface area contributed by atoms with E-state index in [-0.39, 0.29) is 5.75 Å². The molecule has 0 aliphatic carbocycles. The van der Waals surface area contributed by atoms with E-state index in [9.17, 15) is 9.50 Å². The van der Waals surface area contributed by atoms with Gasteiger partial charge in [0.1, 0.15) is 17.2 Å². The van der Waals surface area contributed by atoms with Crippen molar-refractivity contribution in [1.29, 1.82) is 0 Å². The van der Waals surface area contributed by atoms with Gasteiger partial charge in [-0.15, -0.1) is 0 Å². The summed E-state index contributed by atoms with van der Waals surface area (Å²) in [5, 5.41) is 9.52. The monoisotopic (exact) mass is 306 g/mol. The topological polar surface area (TPSA) is 47.9 Å². The Bertz CT molecular complexity index is 623. The van der Waals surface area contributed by atoms with Gasteiger partial charge in [-0.1, -0.05) is 0 Å². The summed E-state index contributed by atoms with van der Waals surface area (Å²) in [5.74, 6) is 0.573. The van der Waals surface area contributed by atoms with Crippen LogP contribution in [0.1, 0.15) is 39.7 Å². The Balaban J connectivity index is 1.99. The van der Waals surface area contributed by atoms with Gasteiger partial charge in [0.15, 0.2) is 0 Å². The van der Waals surface area contributed by atoms with Gasteiger partial charge in [-0.2, -0.15) is 0 Å². The van der Waals surface area contributed by atoms with Crippen LogP contribution in [-0.2, 0) is 9.31 Å². The van der Waals surface area contributed by atoms with Gasteiger partial charge in [0.25, 0.3) is 0 Å². The van der Waals surface area contributed by atoms with E-state index in [2.05, 4.69) is 0 Å². The second-order valence-electron chi connectivity index (χ2n) is 6.69. The van der Waals surface area contributed by atoms with E-state index < -0.39 is 24.0 Å². The number of rotatable bonds is 1. The van der Waals surface area contributed by atoms with Crippen molar-refractivity contribution in [2.75, 3.05) is 6.61 Å². The van der Waals surface area contributed by atoms with Gasteiger partial charge in [0.05, 0.1) is 17.8 Å². The fourth-order valence-electron chi connectivity index (χ4n) is 2.61. The lowest BCUT2D eigenvalue weighted by atomic mass is 9.81. The SMILES string of the molecule is CC1(C)OB(C(F)=C2CCOc3cc(O)ccc32)OC1(C)C. The second kappa shape index (κ2) is 5.00. The molecule has 1 aromatic rings. The molecule has 6 heteroatoms. The van der Waals surface area contributed by atoms with Crippen molar-refractivity contribution >= 4 is 12.7 Å². The van der Waals surface area contributed by atoms with Crippen LogP contribution in [0, 0.1) is 0 Å². The Labute approximate surface area is 130 Å². The smallest absolute Gasteiger partial charge is 0.508 e. The molecular formula is C16H20BFO4. The van der Waals surface area contributed by atoms with Crippen molar-refractivity contribution in [3.63, 3.8) is 0 Å². The lowest BCUT2D eigenvalue weighted by Gasteiger charge is -2.32. The van der Waals surface area contributed by atoms with Gasteiger partial charge in [0, 0.05) is 18.1 Å². The molecule has 2 aliphatic rings. The molecule has 22 heavy (non-hydrogen) atoms. The zero-order valence-electron chi connectivity index (χ0n) is 13.3. The zero-order chi connectivity index (χ0) is 16.1. The summed E-state index contributed by atoms with van der Waals surface area (Å²) in [7, 11) is -1.01. The van der Waals surface area contributed by atoms with E-state index in [0.29, 0.717) is 29.9 Å². The van der Waals surface area contributed by atoms with E-state index in [1.807, 2.05) is 27.7 Å². The number of hydrogen-bond acceptors (Lipinski definition) is 4. The van der Waals surface area contributed by atoms with Crippen molar-refractivity contribution < 1.29 is 23.5 Å². The lowest BCUT2D eigenvalue weighted by molar-refractivity contribution is 0.00578. The molecular weight excluding hydrogens is 286 g/mol. The van der Waals surface area contributed by atoms with Crippen molar-refractivity contribution in [3.05, 3.63) is 29.5 Å². The molecule has 1 fully saturated rings. The molecule has 0 saturated carbocycles. The molecule has 0 radical (unpaired) electrons. The predicted molar refractivity (Wildman–Crippen MR) is 82.3 cm³/mol. The van der Waals surface area contributed by atoms with Gasteiger partial charge in [-0.25, -0.2) is 4.39 Å². The maximum Gasteiger partial charge on any atom is 0.525 e. The molecule has 1 saturated heterocycles. The summed E-state index contributed by atoms with van der Waals surface area (Å²) in [5.41, 5.74) is -0.443. The fourth-order valence-corrected chi connectivity index (χ4v) is 2.61. The van der Waals surface area contributed by atoms with Crippen LogP contribution in [0.2, 0.25) is 0 Å². The largest absolute Gasteiger partial charge is 0.525 e. The summed E-state index contributed by atoms with van der Waals surface area (Å²) in [4.78, 5) is 0. The molecule has 1 aromatic carbocycles. The Hall–Kier alpha value is -1.53. The third-order valence-corrected chi connectivity index (χ3v) is 4.65. The molecule has 0 unspecified atom stereocenters. The second-order valence-corrected chi connectivity index (χ2v) is 6.69. The molecule has 0 bridgehead atoms. The predicted octanol–water partition coefficient (Wildman–Crippen LogP) is 3.49. The highest BCUT2D eigenvalue weighted by molar-refractivity contribution is 6.55. The van der Waals surface area contributed by atoms with Gasteiger partial charge in [-0.3, -0.25) is 0 Å². The third kappa shape index (κ3) is 2.40. The van der Waals surface area contributed by atoms with Crippen LogP contribution in [-0.4, -0.2) is 30.0 Å². The summed E-state index contributed by atoms with van der Waals surface area (Å²) in [6, 6.07) is 4.67. The average Bonchev–Trinajstić information content (AvgIpc) is 2.65. The molecule has 0 aromatic heterocycles. The Morgan fingerprint density at radius 2 is 1.82 bits per heavy atom. The van der Waals surface area contributed by atoms with E-state index in [1.54, 1.807) is 6.07 Å². The first kappa shape index (κ1) is 15.4. The van der Waals surface area contributed by atoms with Crippen molar-refractivity contribution in [2.24, 2.45) is 0 Å². The number of ether oxygens (including phenoxy) is 1. The molecule has 0 amide bonds. The van der Waals surface area contributed by atoms with Crippen LogP contribution >= 0.6 is 0 Å². The lowest BCUT2D eigenvalue weighted by Crippen LogP contribution is -2.41. The van der Waals surface area contributed by atoms with E-state index in [0.717, 1.165) is 0 Å². The highest BCUT2D eigenvalue weighted by atomic mass is 19.1. The summed E-state index contributed by atoms with van der Waals surface area (Å²) < 4.78 is 32.0. The van der Waals surface area contributed by atoms with Gasteiger partial charge in [-0.05, 0) is 45.4 Å². The maximum atomic E-state index is 15.0. The molecule has 0 atom stereocenters. The molecule has 118 valence electrons. The third-order valence-electron chi connectivity index (χ3n) is 4.65. The maximum absolute atomic E-state index is 15.0. The zero-order valence-corrected chi connectivity index (χ0v) is 13.3. The van der Waals surface area contributed by atoms with Crippen LogP contribution in [0.15, 0.2) is 23.9 Å². The van der Waals surface area contributed by atoms with Crippen LogP contribution in [0.4, 0.5) is 4.39 Å². The molecule has 4 nitrogen and oxygen atoms in total. The number of halogens is 1. The van der Waals surface area contributed by atoms with E-state index >= 15 is 0 Å². The average molecular weight is 306 g/mol. The first-order chi connectivity index (χ1) is 10.2. The molecule has 2 heterocycles. The quantitative estimate of drug-likeness (QED) is 0.807. The number of benzene rings is 1. The van der Waals surface area contributed by atoms with Crippen LogP contribution in [0.3, 0.4) is 0 Å². The standard InChI is InChI=1S/C16H20BFO4/c1-15(2)16(3,4)22-17(21-15)14(18)12-7-8-20-13-9-10(19)5-6-11(12)13/h5-6,9,19H,7-8H2,1-4H3. The number of phenolic OH excluding ortho intramolecular Hbond substituents is 1. The van der Waals surface area contributed by atoms with Gasteiger partial charge >= 0.3 is 7.12 Å². The minimum Gasteiger partial charge on any atom is -0.508 e. The van der Waals surface area contributed by atoms with Gasteiger partial charge in [0.2, 0.25) is 0 Å². The number of phenols is 1. The Morgan fingerprint density at radius 3 is 2.45 bits per heavy atom. The Morgan fingerprint density at radius 1 is 1.18 bits per heavy atom. The van der Waals surface area contributed by atoms with E-state index in [1.165, 1.54) is 12.1 Å². The Kier molecular flexibility index (Phi) is 3.49. The number of hydrogen-bond donors (Lipinski definition) is 1. The van der Waals surface area contributed by atoms with E-state index in [4.69, 9.17) is 14.0 Å². The first-order valence-electron chi connectivity index (χ1n) is 7.42. The van der Waals surface area contributed by atoms with Crippen LogP contribution < -0.4 is 4.74 Å². The van der Waals surface area contributed by atoms with Crippen molar-refractivity contribution in [1.82, 2.24) is 0 Å². The van der Waals surface area contributed by atoms with Crippen LogP contribution in [0.5, 0.6) is 11.5 Å². The highest BCUT2D eigenvalue weighted by Gasteiger charge is 2.53. The van der Waals surface area contributed by atoms with Crippen molar-refractivity contribution in [3.8, 4) is 11.5 Å². The number of aromatic hydroxyl groups is 1.